The van der Waals surface area contributed by atoms with Gasteiger partial charge in [-0.25, -0.2) is 0 Å². The van der Waals surface area contributed by atoms with Crippen LogP contribution in [0.4, 0.5) is 0 Å². The SMILES string of the molecule is CCCCNC(C)(C)Cc1ccc2ccccc2c1. The molecule has 0 fully saturated rings. The van der Waals surface area contributed by atoms with E-state index in [4.69, 9.17) is 0 Å². The van der Waals surface area contributed by atoms with Crippen LogP contribution in [0.3, 0.4) is 0 Å². The van der Waals surface area contributed by atoms with Gasteiger partial charge in [-0.1, -0.05) is 55.8 Å². The third-order valence-corrected chi connectivity index (χ3v) is 3.59. The molecule has 0 bridgehead atoms. The van der Waals surface area contributed by atoms with E-state index in [-0.39, 0.29) is 5.54 Å². The largest absolute Gasteiger partial charge is 0.311 e. The number of hydrogen-bond donors (Lipinski definition) is 1. The molecule has 0 amide bonds. The summed E-state index contributed by atoms with van der Waals surface area (Å²) in [6.07, 6.45) is 3.57. The average molecular weight is 255 g/mol. The van der Waals surface area contributed by atoms with Gasteiger partial charge < -0.3 is 5.32 Å². The van der Waals surface area contributed by atoms with Crippen molar-refractivity contribution >= 4 is 10.8 Å². The minimum absolute atomic E-state index is 0.164. The van der Waals surface area contributed by atoms with Crippen molar-refractivity contribution < 1.29 is 0 Å². The van der Waals surface area contributed by atoms with Gasteiger partial charge in [0.15, 0.2) is 0 Å². The lowest BCUT2D eigenvalue weighted by atomic mass is 9.93. The molecule has 2 aromatic rings. The number of nitrogens with one attached hydrogen (secondary N) is 1. The Balaban J connectivity index is 2.07. The van der Waals surface area contributed by atoms with Gasteiger partial charge in [0.2, 0.25) is 0 Å². The van der Waals surface area contributed by atoms with Gasteiger partial charge in [-0.2, -0.15) is 0 Å². The molecule has 0 saturated heterocycles. The summed E-state index contributed by atoms with van der Waals surface area (Å²) in [4.78, 5) is 0. The van der Waals surface area contributed by atoms with Crippen LogP contribution in [0.25, 0.3) is 10.8 Å². The first kappa shape index (κ1) is 14.1. The van der Waals surface area contributed by atoms with Crippen LogP contribution in [0.2, 0.25) is 0 Å². The maximum Gasteiger partial charge on any atom is 0.0165 e. The third-order valence-electron chi connectivity index (χ3n) is 3.59. The van der Waals surface area contributed by atoms with Crippen molar-refractivity contribution in [2.75, 3.05) is 6.54 Å². The molecule has 1 nitrogen and oxygen atoms in total. The van der Waals surface area contributed by atoms with E-state index in [9.17, 15) is 0 Å². The normalized spacial score (nSPS) is 11.9. The minimum Gasteiger partial charge on any atom is -0.311 e. The fourth-order valence-electron chi connectivity index (χ4n) is 2.53. The summed E-state index contributed by atoms with van der Waals surface area (Å²) in [5.41, 5.74) is 1.57. The van der Waals surface area contributed by atoms with Crippen molar-refractivity contribution in [3.63, 3.8) is 0 Å². The smallest absolute Gasteiger partial charge is 0.0165 e. The summed E-state index contributed by atoms with van der Waals surface area (Å²) in [6.45, 7) is 7.92. The van der Waals surface area contributed by atoms with E-state index in [1.54, 1.807) is 0 Å². The maximum absolute atomic E-state index is 3.66. The fourth-order valence-corrected chi connectivity index (χ4v) is 2.53. The van der Waals surface area contributed by atoms with Crippen LogP contribution < -0.4 is 5.32 Å². The fraction of sp³-hybridized carbons (Fsp3) is 0.444. The summed E-state index contributed by atoms with van der Waals surface area (Å²) in [5.74, 6) is 0. The second-order valence-electron chi connectivity index (χ2n) is 6.02. The lowest BCUT2D eigenvalue weighted by Gasteiger charge is -2.26. The predicted octanol–water partition coefficient (Wildman–Crippen LogP) is 4.55. The summed E-state index contributed by atoms with van der Waals surface area (Å²) in [5, 5.41) is 6.32. The molecule has 0 radical (unpaired) electrons. The predicted molar refractivity (Wildman–Crippen MR) is 84.6 cm³/mol. The molecule has 0 atom stereocenters. The average Bonchev–Trinajstić information content (AvgIpc) is 2.38. The zero-order valence-electron chi connectivity index (χ0n) is 12.4. The highest BCUT2D eigenvalue weighted by molar-refractivity contribution is 5.83. The van der Waals surface area contributed by atoms with Gasteiger partial charge in [0.05, 0.1) is 0 Å². The molecule has 0 unspecified atom stereocenters. The molecule has 0 saturated carbocycles. The van der Waals surface area contributed by atoms with Crippen molar-refractivity contribution in [2.45, 2.75) is 45.6 Å². The Labute approximate surface area is 117 Å². The zero-order valence-corrected chi connectivity index (χ0v) is 12.4. The van der Waals surface area contributed by atoms with Gasteiger partial charge in [0.25, 0.3) is 0 Å². The van der Waals surface area contributed by atoms with Crippen LogP contribution in [0.15, 0.2) is 42.5 Å². The number of fused-ring (bicyclic) bond motifs is 1. The lowest BCUT2D eigenvalue weighted by Crippen LogP contribution is -2.41. The first-order valence-electron chi connectivity index (χ1n) is 7.33. The van der Waals surface area contributed by atoms with Crippen molar-refractivity contribution in [1.29, 1.82) is 0 Å². The molecular weight excluding hydrogens is 230 g/mol. The molecule has 2 aromatic carbocycles. The van der Waals surface area contributed by atoms with Crippen LogP contribution >= 0.6 is 0 Å². The molecule has 2 rings (SSSR count). The van der Waals surface area contributed by atoms with Crippen LogP contribution in [0, 0.1) is 0 Å². The van der Waals surface area contributed by atoms with E-state index < -0.39 is 0 Å². The molecule has 0 aromatic heterocycles. The monoisotopic (exact) mass is 255 g/mol. The maximum atomic E-state index is 3.66. The quantitative estimate of drug-likeness (QED) is 0.747. The lowest BCUT2D eigenvalue weighted by molar-refractivity contribution is 0.383. The van der Waals surface area contributed by atoms with Crippen molar-refractivity contribution in [3.8, 4) is 0 Å². The highest BCUT2D eigenvalue weighted by Gasteiger charge is 2.17. The second kappa shape index (κ2) is 6.21. The van der Waals surface area contributed by atoms with Gasteiger partial charge in [-0.15, -0.1) is 0 Å². The Morgan fingerprint density at radius 3 is 2.47 bits per heavy atom. The van der Waals surface area contributed by atoms with Gasteiger partial charge in [-0.3, -0.25) is 0 Å². The summed E-state index contributed by atoms with van der Waals surface area (Å²) < 4.78 is 0. The van der Waals surface area contributed by atoms with E-state index >= 15 is 0 Å². The van der Waals surface area contributed by atoms with Crippen molar-refractivity contribution in [2.24, 2.45) is 0 Å². The van der Waals surface area contributed by atoms with Crippen molar-refractivity contribution in [1.82, 2.24) is 5.32 Å². The Hall–Kier alpha value is -1.34. The van der Waals surface area contributed by atoms with Crippen LogP contribution in [0.5, 0.6) is 0 Å². The first-order chi connectivity index (χ1) is 9.11. The molecule has 19 heavy (non-hydrogen) atoms. The molecule has 1 N–H and O–H groups in total. The number of hydrogen-bond acceptors (Lipinski definition) is 1. The van der Waals surface area contributed by atoms with E-state index in [2.05, 4.69) is 68.6 Å². The van der Waals surface area contributed by atoms with Gasteiger partial charge >= 0.3 is 0 Å². The molecule has 1 heteroatoms. The van der Waals surface area contributed by atoms with Crippen LogP contribution in [0.1, 0.15) is 39.2 Å². The third kappa shape index (κ3) is 4.07. The molecular formula is C18H25N. The first-order valence-corrected chi connectivity index (χ1v) is 7.33. The number of rotatable bonds is 6. The molecule has 0 aliphatic carbocycles. The molecule has 0 heterocycles. The summed E-state index contributed by atoms with van der Waals surface area (Å²) >= 11 is 0. The molecule has 0 aliphatic heterocycles. The van der Waals surface area contributed by atoms with E-state index in [1.165, 1.54) is 29.2 Å². The van der Waals surface area contributed by atoms with E-state index in [1.807, 2.05) is 0 Å². The second-order valence-corrected chi connectivity index (χ2v) is 6.02. The Morgan fingerprint density at radius 1 is 1.00 bits per heavy atom. The Kier molecular flexibility index (Phi) is 4.60. The highest BCUT2D eigenvalue weighted by atomic mass is 14.9. The van der Waals surface area contributed by atoms with Gasteiger partial charge in [-0.05, 0) is 49.6 Å². The minimum atomic E-state index is 0.164. The van der Waals surface area contributed by atoms with Gasteiger partial charge in [0.1, 0.15) is 0 Å². The summed E-state index contributed by atoms with van der Waals surface area (Å²) in [7, 11) is 0. The Bertz CT molecular complexity index is 528. The molecule has 0 aliphatic rings. The molecule has 102 valence electrons. The number of unbranched alkanes of at least 4 members (excludes halogenated alkanes) is 1. The van der Waals surface area contributed by atoms with E-state index in [0.29, 0.717) is 0 Å². The standard InChI is InChI=1S/C18H25N/c1-4-5-12-19-18(2,3)14-15-10-11-16-8-6-7-9-17(16)13-15/h6-11,13,19H,4-5,12,14H2,1-3H3. The number of benzene rings is 2. The Morgan fingerprint density at radius 2 is 1.74 bits per heavy atom. The van der Waals surface area contributed by atoms with Crippen LogP contribution in [-0.2, 0) is 6.42 Å². The van der Waals surface area contributed by atoms with Crippen molar-refractivity contribution in [3.05, 3.63) is 48.0 Å². The molecule has 0 spiro atoms. The zero-order chi connectivity index (χ0) is 13.7. The van der Waals surface area contributed by atoms with Crippen LogP contribution in [-0.4, -0.2) is 12.1 Å². The van der Waals surface area contributed by atoms with E-state index in [0.717, 1.165) is 13.0 Å². The topological polar surface area (TPSA) is 12.0 Å². The summed E-state index contributed by atoms with van der Waals surface area (Å²) in [6, 6.07) is 15.4. The van der Waals surface area contributed by atoms with Gasteiger partial charge in [0, 0.05) is 5.54 Å². The highest BCUT2D eigenvalue weighted by Crippen LogP contribution is 2.19.